The average Bonchev–Trinajstić information content (AvgIpc) is 3.34. The van der Waals surface area contributed by atoms with Crippen LogP contribution in [0.2, 0.25) is 0 Å². The molecule has 3 heterocycles. The van der Waals surface area contributed by atoms with Crippen LogP contribution in [0.25, 0.3) is 22.2 Å². The van der Waals surface area contributed by atoms with E-state index in [2.05, 4.69) is 46.4 Å². The lowest BCUT2D eigenvalue weighted by molar-refractivity contribution is 0.304. The lowest BCUT2D eigenvalue weighted by Gasteiger charge is -2.11. The standard InChI is InChI=1S/C23H17BrN6O/c24-19-10-17-13-26-23(28-18-5-1-4-16(9-18)20-6-8-27-30-20)29-21(17)11-22(19)31-14-15-3-2-7-25-12-15/h1-13H,14H2,(H,27,30)(H,26,28,29). The van der Waals surface area contributed by atoms with Gasteiger partial charge >= 0.3 is 0 Å². The number of nitrogens with zero attached hydrogens (tertiary/aromatic N) is 4. The van der Waals surface area contributed by atoms with Crippen molar-refractivity contribution >= 4 is 38.5 Å². The molecule has 31 heavy (non-hydrogen) atoms. The molecule has 0 aliphatic rings. The summed E-state index contributed by atoms with van der Waals surface area (Å²) >= 11 is 3.57. The Hall–Kier alpha value is -3.78. The third kappa shape index (κ3) is 4.39. The molecule has 0 bridgehead atoms. The highest BCUT2D eigenvalue weighted by molar-refractivity contribution is 9.10. The molecule has 5 rings (SSSR count). The van der Waals surface area contributed by atoms with Gasteiger partial charge < -0.3 is 10.1 Å². The van der Waals surface area contributed by atoms with E-state index in [9.17, 15) is 0 Å². The quantitative estimate of drug-likeness (QED) is 0.339. The Labute approximate surface area is 186 Å². The lowest BCUT2D eigenvalue weighted by atomic mass is 10.1. The maximum Gasteiger partial charge on any atom is 0.227 e. The molecule has 3 aromatic heterocycles. The van der Waals surface area contributed by atoms with Crippen LogP contribution in [-0.2, 0) is 6.61 Å². The topological polar surface area (TPSA) is 88.6 Å². The third-order valence-corrected chi connectivity index (χ3v) is 5.30. The molecule has 5 aromatic rings. The summed E-state index contributed by atoms with van der Waals surface area (Å²) in [6, 6.07) is 17.6. The molecule has 0 fully saturated rings. The summed E-state index contributed by atoms with van der Waals surface area (Å²) in [5, 5.41) is 11.2. The van der Waals surface area contributed by atoms with Gasteiger partial charge in [0.25, 0.3) is 0 Å². The van der Waals surface area contributed by atoms with Gasteiger partial charge in [-0.25, -0.2) is 9.97 Å². The minimum Gasteiger partial charge on any atom is -0.488 e. The number of halogens is 1. The molecule has 2 N–H and O–H groups in total. The van der Waals surface area contributed by atoms with Crippen molar-refractivity contribution in [2.75, 3.05) is 5.32 Å². The van der Waals surface area contributed by atoms with Gasteiger partial charge in [-0.05, 0) is 46.3 Å². The number of hydrogen-bond acceptors (Lipinski definition) is 6. The van der Waals surface area contributed by atoms with Gasteiger partial charge in [0.2, 0.25) is 5.95 Å². The molecule has 0 atom stereocenters. The first-order valence-electron chi connectivity index (χ1n) is 9.59. The van der Waals surface area contributed by atoms with E-state index in [0.29, 0.717) is 18.3 Å². The minimum atomic E-state index is 0.425. The van der Waals surface area contributed by atoms with Gasteiger partial charge in [0.15, 0.2) is 0 Å². The zero-order valence-electron chi connectivity index (χ0n) is 16.3. The van der Waals surface area contributed by atoms with Crippen LogP contribution in [0.3, 0.4) is 0 Å². The average molecular weight is 473 g/mol. The van der Waals surface area contributed by atoms with Gasteiger partial charge in [0.05, 0.1) is 15.7 Å². The number of ether oxygens (including phenoxy) is 1. The van der Waals surface area contributed by atoms with Crippen LogP contribution < -0.4 is 10.1 Å². The number of nitrogens with one attached hydrogen (secondary N) is 2. The third-order valence-electron chi connectivity index (χ3n) is 4.68. The Morgan fingerprint density at radius 2 is 1.97 bits per heavy atom. The number of anilines is 2. The summed E-state index contributed by atoms with van der Waals surface area (Å²) in [5.74, 6) is 1.22. The minimum absolute atomic E-state index is 0.425. The summed E-state index contributed by atoms with van der Waals surface area (Å²) < 4.78 is 6.82. The summed E-state index contributed by atoms with van der Waals surface area (Å²) in [7, 11) is 0. The normalized spacial score (nSPS) is 10.9. The number of fused-ring (bicyclic) bond motifs is 1. The Morgan fingerprint density at radius 3 is 2.81 bits per heavy atom. The number of rotatable bonds is 6. The van der Waals surface area contributed by atoms with Crippen LogP contribution in [-0.4, -0.2) is 25.1 Å². The zero-order chi connectivity index (χ0) is 21.0. The largest absolute Gasteiger partial charge is 0.488 e. The molecule has 0 aliphatic heterocycles. The molecule has 0 saturated heterocycles. The van der Waals surface area contributed by atoms with Crippen molar-refractivity contribution in [2.45, 2.75) is 6.61 Å². The fourth-order valence-electron chi connectivity index (χ4n) is 3.16. The van der Waals surface area contributed by atoms with Crippen molar-refractivity contribution in [3.05, 3.63) is 89.4 Å². The molecule has 0 spiro atoms. The van der Waals surface area contributed by atoms with Crippen molar-refractivity contribution in [1.29, 1.82) is 0 Å². The molecule has 8 heteroatoms. The molecule has 2 aromatic carbocycles. The molecule has 0 aliphatic carbocycles. The van der Waals surface area contributed by atoms with Crippen LogP contribution in [0.1, 0.15) is 5.56 Å². The van der Waals surface area contributed by atoms with Gasteiger partial charge in [-0.1, -0.05) is 18.2 Å². The number of pyridine rings is 1. The first-order valence-corrected chi connectivity index (χ1v) is 10.4. The molecule has 152 valence electrons. The molecular formula is C23H17BrN6O. The van der Waals surface area contributed by atoms with Gasteiger partial charge in [-0.15, -0.1) is 0 Å². The van der Waals surface area contributed by atoms with Crippen LogP contribution in [0.4, 0.5) is 11.6 Å². The van der Waals surface area contributed by atoms with Crippen molar-refractivity contribution in [2.24, 2.45) is 0 Å². The molecule has 0 amide bonds. The molecule has 0 radical (unpaired) electrons. The van der Waals surface area contributed by atoms with E-state index >= 15 is 0 Å². The predicted molar refractivity (Wildman–Crippen MR) is 123 cm³/mol. The fourth-order valence-corrected chi connectivity index (χ4v) is 3.63. The number of H-pyrrole nitrogens is 1. The Bertz CT molecular complexity index is 1330. The lowest BCUT2D eigenvalue weighted by Crippen LogP contribution is -1.99. The number of aromatic nitrogens is 5. The molecule has 0 unspecified atom stereocenters. The highest BCUT2D eigenvalue weighted by Crippen LogP contribution is 2.31. The van der Waals surface area contributed by atoms with Crippen molar-refractivity contribution in [3.8, 4) is 17.0 Å². The fraction of sp³-hybridized carbons (Fsp3) is 0.0435. The van der Waals surface area contributed by atoms with Crippen molar-refractivity contribution < 1.29 is 4.74 Å². The van der Waals surface area contributed by atoms with Crippen LogP contribution >= 0.6 is 15.9 Å². The second-order valence-corrected chi connectivity index (χ2v) is 7.72. The summed E-state index contributed by atoms with van der Waals surface area (Å²) in [6.45, 7) is 0.425. The maximum absolute atomic E-state index is 5.97. The highest BCUT2D eigenvalue weighted by atomic mass is 79.9. The van der Waals surface area contributed by atoms with E-state index in [1.165, 1.54) is 0 Å². The molecule has 0 saturated carbocycles. The maximum atomic E-state index is 5.97. The van der Waals surface area contributed by atoms with E-state index in [0.717, 1.165) is 37.9 Å². The summed E-state index contributed by atoms with van der Waals surface area (Å²) in [6.07, 6.45) is 7.05. The van der Waals surface area contributed by atoms with Gasteiger partial charge in [-0.3, -0.25) is 10.1 Å². The Morgan fingerprint density at radius 1 is 1.00 bits per heavy atom. The SMILES string of the molecule is Brc1cc2cnc(Nc3cccc(-c4ccn[nH]4)c3)nc2cc1OCc1cccnc1. The predicted octanol–water partition coefficient (Wildman–Crippen LogP) is 5.50. The van der Waals surface area contributed by atoms with E-state index in [1.807, 2.05) is 54.6 Å². The second kappa shape index (κ2) is 8.53. The van der Waals surface area contributed by atoms with E-state index < -0.39 is 0 Å². The Balaban J connectivity index is 1.39. The van der Waals surface area contributed by atoms with Crippen molar-refractivity contribution in [1.82, 2.24) is 25.1 Å². The molecular weight excluding hydrogens is 456 g/mol. The van der Waals surface area contributed by atoms with Crippen LogP contribution in [0.5, 0.6) is 5.75 Å². The Kier molecular flexibility index (Phi) is 5.28. The van der Waals surface area contributed by atoms with Gasteiger partial charge in [0.1, 0.15) is 12.4 Å². The first-order chi connectivity index (χ1) is 15.2. The van der Waals surface area contributed by atoms with E-state index in [-0.39, 0.29) is 0 Å². The molecule has 7 nitrogen and oxygen atoms in total. The smallest absolute Gasteiger partial charge is 0.227 e. The highest BCUT2D eigenvalue weighted by Gasteiger charge is 2.08. The van der Waals surface area contributed by atoms with Gasteiger partial charge in [0, 0.05) is 53.1 Å². The summed E-state index contributed by atoms with van der Waals surface area (Å²) in [5.41, 5.74) is 4.64. The van der Waals surface area contributed by atoms with Gasteiger partial charge in [-0.2, -0.15) is 5.10 Å². The zero-order valence-corrected chi connectivity index (χ0v) is 17.9. The van der Waals surface area contributed by atoms with Crippen LogP contribution in [0.15, 0.2) is 83.9 Å². The first kappa shape index (κ1) is 19.2. The number of benzene rings is 2. The monoisotopic (exact) mass is 472 g/mol. The van der Waals surface area contributed by atoms with E-state index in [1.54, 1.807) is 24.8 Å². The van der Waals surface area contributed by atoms with E-state index in [4.69, 9.17) is 4.74 Å². The number of aromatic amines is 1. The summed E-state index contributed by atoms with van der Waals surface area (Å²) in [4.78, 5) is 13.2. The van der Waals surface area contributed by atoms with Crippen molar-refractivity contribution in [3.63, 3.8) is 0 Å². The van der Waals surface area contributed by atoms with Crippen LogP contribution in [0, 0.1) is 0 Å². The number of hydrogen-bond donors (Lipinski definition) is 2. The second-order valence-electron chi connectivity index (χ2n) is 6.86.